The Labute approximate surface area is 130 Å². The number of carbonyl (C=O) groups is 1. The third kappa shape index (κ3) is 3.01. The first-order chi connectivity index (χ1) is 10.4. The van der Waals surface area contributed by atoms with Gasteiger partial charge in [-0.1, -0.05) is 11.6 Å². The molecule has 0 radical (unpaired) electrons. The molecule has 1 amide bonds. The van der Waals surface area contributed by atoms with Crippen molar-refractivity contribution in [3.05, 3.63) is 58.1 Å². The van der Waals surface area contributed by atoms with Crippen LogP contribution >= 0.6 is 11.6 Å². The van der Waals surface area contributed by atoms with E-state index in [4.69, 9.17) is 15.9 Å². The van der Waals surface area contributed by atoms with Gasteiger partial charge < -0.3 is 0 Å². The predicted molar refractivity (Wildman–Crippen MR) is 80.0 cm³/mol. The first-order valence-corrected chi connectivity index (χ1v) is 7.92. The topological polar surface area (TPSA) is 84.8 Å². The molecule has 0 aromatic heterocycles. The summed E-state index contributed by atoms with van der Waals surface area (Å²) in [4.78, 5) is 14.8. The molecule has 0 saturated carbocycles. The van der Waals surface area contributed by atoms with Crippen molar-refractivity contribution in [1.82, 2.24) is 0 Å². The van der Waals surface area contributed by atoms with Gasteiger partial charge in [0.1, 0.15) is 0 Å². The lowest BCUT2D eigenvalue weighted by Crippen LogP contribution is -2.23. The summed E-state index contributed by atoms with van der Waals surface area (Å²) in [6, 6.07) is 10.5. The summed E-state index contributed by atoms with van der Waals surface area (Å²) in [6.07, 6.45) is 1.26. The second kappa shape index (κ2) is 5.53. The Balaban J connectivity index is 1.84. The quantitative estimate of drug-likeness (QED) is 0.842. The smallest absolute Gasteiger partial charge is 0.267 e. The van der Waals surface area contributed by atoms with Crippen molar-refractivity contribution in [2.75, 3.05) is 5.48 Å². The van der Waals surface area contributed by atoms with Crippen LogP contribution in [0.4, 0.5) is 5.69 Å². The zero-order valence-electron chi connectivity index (χ0n) is 11.0. The molecule has 0 fully saturated rings. The number of hydrogen-bond acceptors (Lipinski definition) is 5. The third-order valence-electron chi connectivity index (χ3n) is 2.91. The van der Waals surface area contributed by atoms with E-state index in [9.17, 15) is 13.2 Å². The molecule has 0 atom stereocenters. The number of halogens is 1. The van der Waals surface area contributed by atoms with E-state index in [0.717, 1.165) is 0 Å². The molecular weight excluding hydrogens is 328 g/mol. The van der Waals surface area contributed by atoms with Crippen LogP contribution in [0.1, 0.15) is 0 Å². The molecule has 1 aliphatic heterocycles. The lowest BCUT2D eigenvalue weighted by Gasteiger charge is -2.07. The van der Waals surface area contributed by atoms with Gasteiger partial charge in [-0.25, -0.2) is 10.5 Å². The van der Waals surface area contributed by atoms with E-state index in [0.29, 0.717) is 21.3 Å². The van der Waals surface area contributed by atoms with Crippen LogP contribution in [0.5, 0.6) is 0 Å². The van der Waals surface area contributed by atoms with Crippen LogP contribution in [-0.2, 0) is 19.2 Å². The number of anilines is 1. The van der Waals surface area contributed by atoms with Crippen LogP contribution < -0.4 is 16.1 Å². The number of rotatable bonds is 4. The normalized spacial score (nSPS) is 13.2. The molecule has 0 bridgehead atoms. The van der Waals surface area contributed by atoms with E-state index in [1.54, 1.807) is 24.3 Å². The first-order valence-electron chi connectivity index (χ1n) is 6.14. The molecule has 0 aliphatic carbocycles. The molecule has 112 valence electrons. The fraction of sp³-hybridized carbons (Fsp3) is 0. The van der Waals surface area contributed by atoms with E-state index in [1.165, 1.54) is 24.3 Å². The fourth-order valence-electron chi connectivity index (χ4n) is 1.86. The standard InChI is InChI=1S/C14H9ClN2O4S/c15-10-1-3-11(4-2-10)17-21-22(19,20)12-5-6-13-9(7-12)8-14(18)16-13/h1-8,17H. The van der Waals surface area contributed by atoms with Gasteiger partial charge >= 0.3 is 10.1 Å². The largest absolute Gasteiger partial charge is 0.317 e. The number of nitrogens with one attached hydrogen (secondary N) is 1. The molecule has 8 heteroatoms. The molecule has 0 saturated heterocycles. The molecular formula is C14H9ClN2O4S. The summed E-state index contributed by atoms with van der Waals surface area (Å²) in [5, 5.41) is 1.41. The lowest BCUT2D eigenvalue weighted by molar-refractivity contribution is -0.112. The van der Waals surface area contributed by atoms with E-state index in [-0.39, 0.29) is 4.90 Å². The minimum absolute atomic E-state index is 0.0751. The summed E-state index contributed by atoms with van der Waals surface area (Å²) in [7, 11) is -4.02. The van der Waals surface area contributed by atoms with E-state index >= 15 is 0 Å². The predicted octanol–water partition coefficient (Wildman–Crippen LogP) is 1.01. The van der Waals surface area contributed by atoms with Crippen LogP contribution in [0, 0.1) is 0 Å². The highest BCUT2D eigenvalue weighted by Gasteiger charge is 2.17. The average molecular weight is 337 g/mol. The fourth-order valence-corrected chi connectivity index (χ4v) is 2.79. The lowest BCUT2D eigenvalue weighted by atomic mass is 10.3. The Kier molecular flexibility index (Phi) is 3.69. The molecule has 2 aromatic rings. The highest BCUT2D eigenvalue weighted by Crippen LogP contribution is 2.15. The molecule has 6 nitrogen and oxygen atoms in total. The highest BCUT2D eigenvalue weighted by atomic mass is 35.5. The van der Waals surface area contributed by atoms with Crippen LogP contribution in [-0.4, -0.2) is 14.3 Å². The van der Waals surface area contributed by atoms with E-state index < -0.39 is 16.0 Å². The number of carbonyl (C=O) groups excluding carboxylic acids is 1. The van der Waals surface area contributed by atoms with Crippen molar-refractivity contribution < 1.29 is 17.5 Å². The van der Waals surface area contributed by atoms with Crippen molar-refractivity contribution >= 4 is 39.4 Å². The van der Waals surface area contributed by atoms with Gasteiger partial charge in [-0.2, -0.15) is 8.42 Å². The third-order valence-corrected chi connectivity index (χ3v) is 4.30. The van der Waals surface area contributed by atoms with Crippen LogP contribution in [0.25, 0.3) is 6.08 Å². The summed E-state index contributed by atoms with van der Waals surface area (Å²) in [6.45, 7) is 0. The van der Waals surface area contributed by atoms with Crippen molar-refractivity contribution in [1.29, 1.82) is 0 Å². The Bertz CT molecular complexity index is 969. The van der Waals surface area contributed by atoms with Gasteiger partial charge in [0.2, 0.25) is 0 Å². The minimum Gasteiger partial charge on any atom is -0.267 e. The minimum atomic E-state index is -4.02. The molecule has 0 spiro atoms. The summed E-state index contributed by atoms with van der Waals surface area (Å²) in [5.74, 6) is -0.412. The summed E-state index contributed by atoms with van der Waals surface area (Å²) in [5.41, 5.74) is 2.78. The summed E-state index contributed by atoms with van der Waals surface area (Å²) >= 11 is 5.74. The molecule has 2 aromatic carbocycles. The maximum atomic E-state index is 12.1. The van der Waals surface area contributed by atoms with Crippen LogP contribution in [0.15, 0.2) is 52.4 Å². The molecule has 1 N–H and O–H groups in total. The number of amides is 1. The van der Waals surface area contributed by atoms with Gasteiger partial charge in [0, 0.05) is 16.3 Å². The summed E-state index contributed by atoms with van der Waals surface area (Å²) < 4.78 is 29.0. The highest BCUT2D eigenvalue weighted by molar-refractivity contribution is 7.86. The monoisotopic (exact) mass is 336 g/mol. The molecule has 22 heavy (non-hydrogen) atoms. The maximum Gasteiger partial charge on any atom is 0.317 e. The van der Waals surface area contributed by atoms with Gasteiger partial charge in [0.15, 0.2) is 0 Å². The van der Waals surface area contributed by atoms with Gasteiger partial charge in [-0.3, -0.25) is 4.79 Å². The SMILES string of the molecule is O=C1C=c2cc(S(=O)(=O)ONc3ccc(Cl)cc3)ccc2=N1. The number of fused-ring (bicyclic) bond motifs is 1. The zero-order valence-corrected chi connectivity index (χ0v) is 12.6. The van der Waals surface area contributed by atoms with Crippen molar-refractivity contribution in [3.63, 3.8) is 0 Å². The van der Waals surface area contributed by atoms with Crippen LogP contribution in [0.3, 0.4) is 0 Å². The molecule has 1 heterocycles. The Morgan fingerprint density at radius 1 is 1.09 bits per heavy atom. The number of nitrogens with zero attached hydrogens (tertiary/aromatic N) is 1. The van der Waals surface area contributed by atoms with Gasteiger partial charge in [-0.05, 0) is 42.5 Å². The average Bonchev–Trinajstić information content (AvgIpc) is 2.86. The van der Waals surface area contributed by atoms with E-state index in [2.05, 4.69) is 10.5 Å². The zero-order chi connectivity index (χ0) is 15.7. The van der Waals surface area contributed by atoms with Crippen molar-refractivity contribution in [2.24, 2.45) is 4.99 Å². The second-order valence-electron chi connectivity index (χ2n) is 4.46. The molecule has 1 aliphatic rings. The van der Waals surface area contributed by atoms with Crippen LogP contribution in [0.2, 0.25) is 5.02 Å². The van der Waals surface area contributed by atoms with Crippen molar-refractivity contribution in [2.45, 2.75) is 4.90 Å². The maximum absolute atomic E-state index is 12.1. The first kappa shape index (κ1) is 14.7. The van der Waals surface area contributed by atoms with Gasteiger partial charge in [0.25, 0.3) is 5.91 Å². The Morgan fingerprint density at radius 2 is 1.82 bits per heavy atom. The van der Waals surface area contributed by atoms with Crippen molar-refractivity contribution in [3.8, 4) is 0 Å². The van der Waals surface area contributed by atoms with E-state index in [1.807, 2.05) is 0 Å². The molecule has 3 rings (SSSR count). The second-order valence-corrected chi connectivity index (χ2v) is 6.44. The molecule has 0 unspecified atom stereocenters. The number of benzene rings is 2. The Morgan fingerprint density at radius 3 is 2.55 bits per heavy atom. The number of hydrogen-bond donors (Lipinski definition) is 1. The van der Waals surface area contributed by atoms with Gasteiger partial charge in [0.05, 0.1) is 15.9 Å². The van der Waals surface area contributed by atoms with Gasteiger partial charge in [-0.15, -0.1) is 4.28 Å². The Hall–Kier alpha value is -2.22.